The number of piperazine rings is 1. The van der Waals surface area contributed by atoms with Gasteiger partial charge in [0.1, 0.15) is 24.2 Å². The number of anilines is 1. The normalized spacial score (nSPS) is 16.2. The minimum atomic E-state index is -0.579. The minimum Gasteiger partial charge on any atom is -0.497 e. The molecule has 7 heteroatoms. The molecule has 0 amide bonds. The van der Waals surface area contributed by atoms with Gasteiger partial charge in [0.25, 0.3) is 0 Å². The molecule has 0 aliphatic carbocycles. The van der Waals surface area contributed by atoms with E-state index in [1.54, 1.807) is 25.3 Å². The van der Waals surface area contributed by atoms with Gasteiger partial charge in [0.2, 0.25) is 0 Å². The molecule has 1 aliphatic rings. The van der Waals surface area contributed by atoms with Gasteiger partial charge in [0.15, 0.2) is 0 Å². The standard InChI is InChI=1S/C20H24Cl2N2O3/c1-26-18-5-3-16(4-6-18)24-10-8-23(9-11-24)13-17(25)14-27-20-7-2-15(21)12-19(20)22/h2-7,12,17,25H,8-11,13-14H2,1H3/t17-/m1/s1. The first-order valence-electron chi connectivity index (χ1n) is 8.92. The van der Waals surface area contributed by atoms with Crippen LogP contribution in [0.1, 0.15) is 0 Å². The fourth-order valence-corrected chi connectivity index (χ4v) is 3.57. The van der Waals surface area contributed by atoms with Crippen molar-refractivity contribution >= 4 is 28.9 Å². The molecule has 0 spiro atoms. The predicted octanol–water partition coefficient (Wildman–Crippen LogP) is 3.56. The smallest absolute Gasteiger partial charge is 0.138 e. The summed E-state index contributed by atoms with van der Waals surface area (Å²) < 4.78 is 10.8. The maximum absolute atomic E-state index is 10.3. The molecule has 3 rings (SSSR count). The SMILES string of the molecule is COc1ccc(N2CCN(C[C@@H](O)COc3ccc(Cl)cc3Cl)CC2)cc1. The van der Waals surface area contributed by atoms with Gasteiger partial charge in [0, 0.05) is 43.4 Å². The highest BCUT2D eigenvalue weighted by Gasteiger charge is 2.20. The van der Waals surface area contributed by atoms with E-state index < -0.39 is 6.10 Å². The van der Waals surface area contributed by atoms with Crippen LogP contribution in [0, 0.1) is 0 Å². The Bertz CT molecular complexity index is 735. The number of benzene rings is 2. The van der Waals surface area contributed by atoms with Gasteiger partial charge in [0.05, 0.1) is 12.1 Å². The van der Waals surface area contributed by atoms with Crippen molar-refractivity contribution in [1.82, 2.24) is 4.90 Å². The van der Waals surface area contributed by atoms with Gasteiger partial charge in [-0.3, -0.25) is 4.90 Å². The van der Waals surface area contributed by atoms with Crippen LogP contribution in [0.15, 0.2) is 42.5 Å². The highest BCUT2D eigenvalue weighted by atomic mass is 35.5. The number of hydrogen-bond acceptors (Lipinski definition) is 5. The van der Waals surface area contributed by atoms with E-state index in [4.69, 9.17) is 32.7 Å². The van der Waals surface area contributed by atoms with Gasteiger partial charge in [-0.05, 0) is 42.5 Å². The van der Waals surface area contributed by atoms with Crippen molar-refractivity contribution in [2.45, 2.75) is 6.10 Å². The summed E-state index contributed by atoms with van der Waals surface area (Å²) in [5.74, 6) is 1.39. The van der Waals surface area contributed by atoms with E-state index in [0.717, 1.165) is 31.9 Å². The molecular weight excluding hydrogens is 387 g/mol. The van der Waals surface area contributed by atoms with E-state index in [2.05, 4.69) is 21.9 Å². The second-order valence-electron chi connectivity index (χ2n) is 6.53. The predicted molar refractivity (Wildman–Crippen MR) is 110 cm³/mol. The lowest BCUT2D eigenvalue weighted by molar-refractivity contribution is 0.0663. The second kappa shape index (κ2) is 9.51. The largest absolute Gasteiger partial charge is 0.497 e. The van der Waals surface area contributed by atoms with Gasteiger partial charge in [-0.15, -0.1) is 0 Å². The highest BCUT2D eigenvalue weighted by Crippen LogP contribution is 2.27. The molecule has 1 heterocycles. The Morgan fingerprint density at radius 2 is 1.74 bits per heavy atom. The Morgan fingerprint density at radius 3 is 2.37 bits per heavy atom. The zero-order chi connectivity index (χ0) is 19.2. The van der Waals surface area contributed by atoms with Gasteiger partial charge >= 0.3 is 0 Å². The van der Waals surface area contributed by atoms with Crippen molar-refractivity contribution in [2.75, 3.05) is 51.3 Å². The van der Waals surface area contributed by atoms with Crippen molar-refractivity contribution in [1.29, 1.82) is 0 Å². The van der Waals surface area contributed by atoms with Gasteiger partial charge in [-0.25, -0.2) is 0 Å². The number of aliphatic hydroxyl groups is 1. The zero-order valence-corrected chi connectivity index (χ0v) is 16.8. The number of aliphatic hydroxyl groups excluding tert-OH is 1. The first-order valence-corrected chi connectivity index (χ1v) is 9.68. The fourth-order valence-electron chi connectivity index (χ4n) is 3.11. The Balaban J connectivity index is 1.42. The van der Waals surface area contributed by atoms with Crippen LogP contribution in [-0.2, 0) is 0 Å². The van der Waals surface area contributed by atoms with Crippen LogP contribution in [0.5, 0.6) is 11.5 Å². The Labute approximate surface area is 170 Å². The van der Waals surface area contributed by atoms with Crippen LogP contribution in [0.2, 0.25) is 10.0 Å². The van der Waals surface area contributed by atoms with Crippen molar-refractivity contribution in [3.8, 4) is 11.5 Å². The van der Waals surface area contributed by atoms with Gasteiger partial charge < -0.3 is 19.5 Å². The number of nitrogens with zero attached hydrogens (tertiary/aromatic N) is 2. The molecule has 27 heavy (non-hydrogen) atoms. The average molecular weight is 411 g/mol. The number of methoxy groups -OCH3 is 1. The molecule has 1 fully saturated rings. The molecule has 0 aromatic heterocycles. The third-order valence-electron chi connectivity index (χ3n) is 4.60. The maximum atomic E-state index is 10.3. The highest BCUT2D eigenvalue weighted by molar-refractivity contribution is 6.35. The molecule has 1 N–H and O–H groups in total. The Hall–Kier alpha value is -1.66. The van der Waals surface area contributed by atoms with Crippen molar-refractivity contribution in [3.05, 3.63) is 52.5 Å². The van der Waals surface area contributed by atoms with Crippen LogP contribution >= 0.6 is 23.2 Å². The van der Waals surface area contributed by atoms with E-state index in [0.29, 0.717) is 22.3 Å². The van der Waals surface area contributed by atoms with Crippen LogP contribution in [0.3, 0.4) is 0 Å². The van der Waals surface area contributed by atoms with E-state index in [9.17, 15) is 5.11 Å². The molecule has 2 aromatic rings. The lowest BCUT2D eigenvalue weighted by Crippen LogP contribution is -2.49. The van der Waals surface area contributed by atoms with Gasteiger partial charge in [-0.1, -0.05) is 23.2 Å². The topological polar surface area (TPSA) is 45.2 Å². The molecule has 5 nitrogen and oxygen atoms in total. The number of β-amino-alcohol motifs (C(OH)–C–C–N with tert-alkyl or cyclic N) is 1. The van der Waals surface area contributed by atoms with Crippen LogP contribution in [0.4, 0.5) is 5.69 Å². The summed E-state index contributed by atoms with van der Waals surface area (Å²) in [6.45, 7) is 4.39. The molecule has 0 bridgehead atoms. The van der Waals surface area contributed by atoms with Crippen molar-refractivity contribution in [2.24, 2.45) is 0 Å². The van der Waals surface area contributed by atoms with Crippen LogP contribution < -0.4 is 14.4 Å². The van der Waals surface area contributed by atoms with E-state index in [-0.39, 0.29) is 6.61 Å². The van der Waals surface area contributed by atoms with Crippen molar-refractivity contribution in [3.63, 3.8) is 0 Å². The van der Waals surface area contributed by atoms with Crippen molar-refractivity contribution < 1.29 is 14.6 Å². The molecular formula is C20H24Cl2N2O3. The lowest BCUT2D eigenvalue weighted by Gasteiger charge is -2.36. The Kier molecular flexibility index (Phi) is 7.07. The molecule has 0 unspecified atom stereocenters. The number of rotatable bonds is 7. The third-order valence-corrected chi connectivity index (χ3v) is 5.13. The summed E-state index contributed by atoms with van der Waals surface area (Å²) in [7, 11) is 1.67. The summed E-state index contributed by atoms with van der Waals surface area (Å²) >= 11 is 12.0. The summed E-state index contributed by atoms with van der Waals surface area (Å²) in [6, 6.07) is 13.2. The monoisotopic (exact) mass is 410 g/mol. The van der Waals surface area contributed by atoms with Crippen LogP contribution in [-0.4, -0.2) is 62.6 Å². The number of hydrogen-bond donors (Lipinski definition) is 1. The number of halogens is 2. The van der Waals surface area contributed by atoms with Gasteiger partial charge in [-0.2, -0.15) is 0 Å². The molecule has 1 saturated heterocycles. The average Bonchev–Trinajstić information content (AvgIpc) is 2.68. The van der Waals surface area contributed by atoms with E-state index >= 15 is 0 Å². The molecule has 0 radical (unpaired) electrons. The quantitative estimate of drug-likeness (QED) is 0.755. The van der Waals surface area contributed by atoms with Crippen LogP contribution in [0.25, 0.3) is 0 Å². The fraction of sp³-hybridized carbons (Fsp3) is 0.400. The first kappa shape index (κ1) is 20.1. The van der Waals surface area contributed by atoms with E-state index in [1.807, 2.05) is 12.1 Å². The molecule has 1 aliphatic heterocycles. The molecule has 2 aromatic carbocycles. The summed E-state index contributed by atoms with van der Waals surface area (Å²) in [4.78, 5) is 4.59. The summed E-state index contributed by atoms with van der Waals surface area (Å²) in [5, 5.41) is 11.3. The lowest BCUT2D eigenvalue weighted by atomic mass is 10.2. The molecule has 1 atom stereocenters. The maximum Gasteiger partial charge on any atom is 0.138 e. The Morgan fingerprint density at radius 1 is 1.04 bits per heavy atom. The summed E-state index contributed by atoms with van der Waals surface area (Å²) in [6.07, 6.45) is -0.579. The minimum absolute atomic E-state index is 0.194. The first-order chi connectivity index (χ1) is 13.0. The summed E-state index contributed by atoms with van der Waals surface area (Å²) in [5.41, 5.74) is 1.19. The number of ether oxygens (including phenoxy) is 2. The zero-order valence-electron chi connectivity index (χ0n) is 15.3. The molecule has 146 valence electrons. The third kappa shape index (κ3) is 5.66. The van der Waals surface area contributed by atoms with E-state index in [1.165, 1.54) is 5.69 Å². The second-order valence-corrected chi connectivity index (χ2v) is 7.37. The molecule has 0 saturated carbocycles.